The maximum Gasteiger partial charge on any atom is 0.328 e. The van der Waals surface area contributed by atoms with Gasteiger partial charge in [-0.05, 0) is 79.9 Å². The van der Waals surface area contributed by atoms with Gasteiger partial charge < -0.3 is 20.0 Å². The van der Waals surface area contributed by atoms with Gasteiger partial charge >= 0.3 is 11.9 Å². The molecular formula is C20H26BrClN2O5. The van der Waals surface area contributed by atoms with E-state index in [1.54, 1.807) is 0 Å². The summed E-state index contributed by atoms with van der Waals surface area (Å²) in [6.45, 7) is 4.86. The largest absolute Gasteiger partial charge is 0.478 e. The zero-order chi connectivity index (χ0) is 22.0. The molecule has 1 amide bonds. The molecular weight excluding hydrogens is 464 g/mol. The number of benzene rings is 1. The molecule has 1 fully saturated rings. The molecule has 1 aliphatic rings. The van der Waals surface area contributed by atoms with Gasteiger partial charge in [0, 0.05) is 35.3 Å². The summed E-state index contributed by atoms with van der Waals surface area (Å²) in [7, 11) is 2.14. The van der Waals surface area contributed by atoms with Crippen LogP contribution in [0.25, 0.3) is 0 Å². The van der Waals surface area contributed by atoms with Gasteiger partial charge in [-0.3, -0.25) is 4.79 Å². The Labute approximate surface area is 184 Å². The van der Waals surface area contributed by atoms with E-state index in [9.17, 15) is 14.4 Å². The Hall–Kier alpha value is -1.90. The number of halogens is 2. The van der Waals surface area contributed by atoms with Gasteiger partial charge in [-0.1, -0.05) is 11.6 Å². The number of likely N-dealkylation sites (tertiary alicyclic amines) is 1. The van der Waals surface area contributed by atoms with Crippen LogP contribution in [0.5, 0.6) is 0 Å². The van der Waals surface area contributed by atoms with Crippen LogP contribution in [0, 0.1) is 5.92 Å². The maximum absolute atomic E-state index is 12.6. The Kier molecular flexibility index (Phi) is 10.9. The van der Waals surface area contributed by atoms with Crippen LogP contribution in [-0.4, -0.2) is 59.6 Å². The molecule has 1 heterocycles. The van der Waals surface area contributed by atoms with E-state index in [-0.39, 0.29) is 5.91 Å². The number of carboxylic acids is 2. The van der Waals surface area contributed by atoms with Crippen molar-refractivity contribution in [1.29, 1.82) is 0 Å². The number of rotatable bonds is 6. The van der Waals surface area contributed by atoms with Crippen LogP contribution in [0.1, 0.15) is 26.2 Å². The fourth-order valence-electron chi connectivity index (χ4n) is 2.92. The van der Waals surface area contributed by atoms with Gasteiger partial charge in [0.1, 0.15) is 0 Å². The lowest BCUT2D eigenvalue weighted by Gasteiger charge is -2.30. The molecule has 2 N–H and O–H groups in total. The number of nitrogens with zero attached hydrogens (tertiary/aromatic N) is 2. The molecule has 0 radical (unpaired) electrons. The van der Waals surface area contributed by atoms with Crippen molar-refractivity contribution in [1.82, 2.24) is 4.90 Å². The van der Waals surface area contributed by atoms with E-state index in [0.717, 1.165) is 36.1 Å². The summed E-state index contributed by atoms with van der Waals surface area (Å²) in [5.74, 6) is -1.81. The van der Waals surface area contributed by atoms with E-state index in [1.165, 1.54) is 0 Å². The smallest absolute Gasteiger partial charge is 0.328 e. The van der Waals surface area contributed by atoms with Crippen LogP contribution >= 0.6 is 27.5 Å². The molecule has 0 spiro atoms. The van der Waals surface area contributed by atoms with Crippen LogP contribution < -0.4 is 4.90 Å². The van der Waals surface area contributed by atoms with E-state index in [0.29, 0.717) is 36.1 Å². The summed E-state index contributed by atoms with van der Waals surface area (Å²) >= 11 is 9.52. The molecule has 29 heavy (non-hydrogen) atoms. The molecule has 1 saturated heterocycles. The predicted octanol–water partition coefficient (Wildman–Crippen LogP) is 3.90. The molecule has 0 aromatic heterocycles. The third-order valence-electron chi connectivity index (χ3n) is 4.50. The molecule has 7 nitrogen and oxygen atoms in total. The SMILES string of the molecule is CCN(C(=O)CC1CCN(C)CC1)c1ccc(Br)c(Cl)c1.O=C(O)/C=C/C(=O)O. The quantitative estimate of drug-likeness (QED) is 0.588. The van der Waals surface area contributed by atoms with Crippen molar-refractivity contribution < 1.29 is 24.6 Å². The van der Waals surface area contributed by atoms with Crippen LogP contribution in [0.15, 0.2) is 34.8 Å². The Bertz CT molecular complexity index is 732. The highest BCUT2D eigenvalue weighted by molar-refractivity contribution is 9.10. The lowest BCUT2D eigenvalue weighted by Crippen LogP contribution is -2.36. The number of hydrogen-bond acceptors (Lipinski definition) is 4. The Morgan fingerprint density at radius 1 is 1.21 bits per heavy atom. The Balaban J connectivity index is 0.000000447. The molecule has 160 valence electrons. The van der Waals surface area contributed by atoms with Gasteiger partial charge in [-0.15, -0.1) is 0 Å². The van der Waals surface area contributed by atoms with Crippen molar-refractivity contribution in [3.63, 3.8) is 0 Å². The van der Waals surface area contributed by atoms with E-state index < -0.39 is 11.9 Å². The summed E-state index contributed by atoms with van der Waals surface area (Å²) in [5.41, 5.74) is 0.878. The topological polar surface area (TPSA) is 98.2 Å². The molecule has 0 bridgehead atoms. The van der Waals surface area contributed by atoms with E-state index >= 15 is 0 Å². The summed E-state index contributed by atoms with van der Waals surface area (Å²) in [6.07, 6.45) is 3.97. The zero-order valence-electron chi connectivity index (χ0n) is 16.5. The second-order valence-corrected chi connectivity index (χ2v) is 7.96. The first-order valence-electron chi connectivity index (χ1n) is 9.21. The lowest BCUT2D eigenvalue weighted by atomic mass is 9.93. The van der Waals surface area contributed by atoms with E-state index in [4.69, 9.17) is 21.8 Å². The van der Waals surface area contributed by atoms with Crippen molar-refractivity contribution in [2.75, 3.05) is 31.6 Å². The third kappa shape index (κ3) is 9.43. The van der Waals surface area contributed by atoms with Gasteiger partial charge in [0.25, 0.3) is 0 Å². The highest BCUT2D eigenvalue weighted by Gasteiger charge is 2.23. The van der Waals surface area contributed by atoms with Crippen molar-refractivity contribution in [3.05, 3.63) is 39.8 Å². The number of carbonyl (C=O) groups is 3. The molecule has 1 aromatic rings. The molecule has 1 aliphatic heterocycles. The van der Waals surface area contributed by atoms with E-state index in [2.05, 4.69) is 27.9 Å². The zero-order valence-corrected chi connectivity index (χ0v) is 18.8. The molecule has 0 unspecified atom stereocenters. The predicted molar refractivity (Wildman–Crippen MR) is 116 cm³/mol. The standard InChI is InChI=1S/C16H22BrClN2O.C4H4O4/c1-3-20(13-4-5-14(17)15(18)11-13)16(21)10-12-6-8-19(2)9-7-12;5-3(6)1-2-4(7)8/h4-5,11-12H,3,6-10H2,1-2H3;1-2H,(H,5,6)(H,7,8)/b;2-1+. The normalized spacial score (nSPS) is 14.9. The number of carboxylic acid groups (broad SMARTS) is 2. The van der Waals surface area contributed by atoms with Crippen LogP contribution in [0.2, 0.25) is 5.02 Å². The monoisotopic (exact) mass is 488 g/mol. The fraction of sp³-hybridized carbons (Fsp3) is 0.450. The molecule has 2 rings (SSSR count). The molecule has 9 heteroatoms. The van der Waals surface area contributed by atoms with Gasteiger partial charge in [0.2, 0.25) is 5.91 Å². The number of aliphatic carboxylic acids is 2. The third-order valence-corrected chi connectivity index (χ3v) is 5.73. The summed E-state index contributed by atoms with van der Waals surface area (Å²) in [6, 6.07) is 5.68. The van der Waals surface area contributed by atoms with Crippen LogP contribution in [0.3, 0.4) is 0 Å². The number of carbonyl (C=O) groups excluding carboxylic acids is 1. The van der Waals surface area contributed by atoms with Gasteiger partial charge in [-0.25, -0.2) is 9.59 Å². The van der Waals surface area contributed by atoms with Crippen molar-refractivity contribution in [3.8, 4) is 0 Å². The average Bonchev–Trinajstić information content (AvgIpc) is 2.66. The number of anilines is 1. The number of hydrogen-bond donors (Lipinski definition) is 2. The highest BCUT2D eigenvalue weighted by Crippen LogP contribution is 2.29. The highest BCUT2D eigenvalue weighted by atomic mass is 79.9. The summed E-state index contributed by atoms with van der Waals surface area (Å²) in [5, 5.41) is 16.3. The van der Waals surface area contributed by atoms with Crippen molar-refractivity contribution in [2.24, 2.45) is 5.92 Å². The van der Waals surface area contributed by atoms with Crippen LogP contribution in [-0.2, 0) is 14.4 Å². The fourth-order valence-corrected chi connectivity index (χ4v) is 3.34. The minimum atomic E-state index is -1.26. The summed E-state index contributed by atoms with van der Waals surface area (Å²) < 4.78 is 0.853. The second-order valence-electron chi connectivity index (χ2n) is 6.70. The first-order valence-corrected chi connectivity index (χ1v) is 10.4. The van der Waals surface area contributed by atoms with Crippen molar-refractivity contribution in [2.45, 2.75) is 26.2 Å². The first-order chi connectivity index (χ1) is 13.6. The molecule has 1 aromatic carbocycles. The average molecular weight is 490 g/mol. The Morgan fingerprint density at radius 2 is 1.76 bits per heavy atom. The molecule has 0 aliphatic carbocycles. The van der Waals surface area contributed by atoms with E-state index in [1.807, 2.05) is 30.0 Å². The van der Waals surface area contributed by atoms with Gasteiger partial charge in [-0.2, -0.15) is 0 Å². The molecule has 0 saturated carbocycles. The minimum Gasteiger partial charge on any atom is -0.478 e. The van der Waals surface area contributed by atoms with Crippen molar-refractivity contribution >= 4 is 51.1 Å². The first kappa shape index (κ1) is 25.1. The van der Waals surface area contributed by atoms with Gasteiger partial charge in [0.05, 0.1) is 5.02 Å². The number of amides is 1. The summed E-state index contributed by atoms with van der Waals surface area (Å²) in [4.78, 5) is 35.8. The second kappa shape index (κ2) is 12.6. The lowest BCUT2D eigenvalue weighted by molar-refractivity contribution is -0.134. The number of piperidine rings is 1. The Morgan fingerprint density at radius 3 is 2.21 bits per heavy atom. The minimum absolute atomic E-state index is 0.199. The maximum atomic E-state index is 12.6. The molecule has 0 atom stereocenters. The van der Waals surface area contributed by atoms with Crippen LogP contribution in [0.4, 0.5) is 5.69 Å². The van der Waals surface area contributed by atoms with Gasteiger partial charge in [0.15, 0.2) is 0 Å².